The number of sulfonamides is 1. The molecule has 0 saturated heterocycles. The zero-order valence-corrected chi connectivity index (χ0v) is 11.9. The molecule has 0 aliphatic heterocycles. The van der Waals surface area contributed by atoms with Gasteiger partial charge in [-0.3, -0.25) is 0 Å². The summed E-state index contributed by atoms with van der Waals surface area (Å²) < 4.78 is 27.0. The Morgan fingerprint density at radius 1 is 1.40 bits per heavy atom. The third-order valence-corrected chi connectivity index (χ3v) is 4.57. The number of aliphatic hydroxyl groups excluding tert-OH is 1. The predicted octanol–water partition coefficient (Wildman–Crippen LogP) is 0.731. The van der Waals surface area contributed by atoms with Crippen LogP contribution >= 0.6 is 0 Å². The molecule has 108 valence electrons. The van der Waals surface area contributed by atoms with Crippen LogP contribution in [0, 0.1) is 6.92 Å². The van der Waals surface area contributed by atoms with Gasteiger partial charge in [0.15, 0.2) is 0 Å². The van der Waals surface area contributed by atoms with Gasteiger partial charge in [0, 0.05) is 24.9 Å². The minimum atomic E-state index is -3.57. The molecule has 0 aliphatic rings. The quantitative estimate of drug-likeness (QED) is 0.732. The predicted molar refractivity (Wildman–Crippen MR) is 74.6 cm³/mol. The number of nitrogens with one attached hydrogen (secondary N) is 2. The fourth-order valence-corrected chi connectivity index (χ4v) is 3.18. The van der Waals surface area contributed by atoms with E-state index in [1.165, 1.54) is 6.07 Å². The van der Waals surface area contributed by atoms with Crippen molar-refractivity contribution in [1.29, 1.82) is 0 Å². The summed E-state index contributed by atoms with van der Waals surface area (Å²) in [6, 6.07) is 4.89. The molecule has 20 heavy (non-hydrogen) atoms. The van der Waals surface area contributed by atoms with Gasteiger partial charge in [0.05, 0.1) is 17.8 Å². The van der Waals surface area contributed by atoms with Crippen molar-refractivity contribution in [2.75, 3.05) is 6.54 Å². The van der Waals surface area contributed by atoms with Crippen LogP contribution in [0.5, 0.6) is 0 Å². The summed E-state index contributed by atoms with van der Waals surface area (Å²) in [4.78, 5) is 6.99. The summed E-state index contributed by atoms with van der Waals surface area (Å²) in [7, 11) is -3.57. The summed E-state index contributed by atoms with van der Waals surface area (Å²) in [5.74, 6) is 0. The van der Waals surface area contributed by atoms with Crippen LogP contribution < -0.4 is 4.72 Å². The Bertz CT molecular complexity index is 666. The lowest BCUT2D eigenvalue weighted by atomic mass is 10.2. The number of benzene rings is 1. The average molecular weight is 295 g/mol. The van der Waals surface area contributed by atoms with Gasteiger partial charge in [-0.25, -0.2) is 18.1 Å². The molecule has 0 bridgehead atoms. The summed E-state index contributed by atoms with van der Waals surface area (Å²) >= 11 is 0. The van der Waals surface area contributed by atoms with Crippen molar-refractivity contribution in [1.82, 2.24) is 14.7 Å². The van der Waals surface area contributed by atoms with Gasteiger partial charge in [0.2, 0.25) is 10.0 Å². The van der Waals surface area contributed by atoms with Gasteiger partial charge in [0.25, 0.3) is 0 Å². The molecule has 0 radical (unpaired) electrons. The van der Waals surface area contributed by atoms with Gasteiger partial charge in [-0.2, -0.15) is 0 Å². The molecular weight excluding hydrogens is 278 g/mol. The van der Waals surface area contributed by atoms with E-state index in [1.54, 1.807) is 31.6 Å². The number of aromatic amines is 1. The minimum absolute atomic E-state index is 0.184. The number of aryl methyl sites for hydroxylation is 1. The number of H-pyrrole nitrogens is 1. The van der Waals surface area contributed by atoms with Crippen molar-refractivity contribution < 1.29 is 13.5 Å². The summed E-state index contributed by atoms with van der Waals surface area (Å²) in [6.45, 7) is 1.83. The smallest absolute Gasteiger partial charge is 0.240 e. The van der Waals surface area contributed by atoms with Crippen molar-refractivity contribution in [2.45, 2.75) is 24.8 Å². The van der Waals surface area contributed by atoms with Crippen LogP contribution in [0.3, 0.4) is 0 Å². The number of imidazole rings is 1. The topological polar surface area (TPSA) is 95.1 Å². The van der Waals surface area contributed by atoms with Crippen LogP contribution in [-0.2, 0) is 23.1 Å². The number of rotatable bonds is 6. The van der Waals surface area contributed by atoms with Crippen LogP contribution in [0.25, 0.3) is 0 Å². The van der Waals surface area contributed by atoms with Crippen molar-refractivity contribution in [2.24, 2.45) is 0 Å². The second-order valence-corrected chi connectivity index (χ2v) is 6.22. The lowest BCUT2D eigenvalue weighted by Crippen LogP contribution is -2.26. The van der Waals surface area contributed by atoms with Gasteiger partial charge in [-0.1, -0.05) is 12.1 Å². The van der Waals surface area contributed by atoms with E-state index >= 15 is 0 Å². The number of hydrogen-bond acceptors (Lipinski definition) is 4. The first-order valence-electron chi connectivity index (χ1n) is 6.20. The highest BCUT2D eigenvalue weighted by atomic mass is 32.2. The van der Waals surface area contributed by atoms with Gasteiger partial charge < -0.3 is 10.1 Å². The largest absolute Gasteiger partial charge is 0.392 e. The van der Waals surface area contributed by atoms with Crippen molar-refractivity contribution >= 4 is 10.0 Å². The zero-order chi connectivity index (χ0) is 14.6. The molecule has 6 nitrogen and oxygen atoms in total. The Hall–Kier alpha value is -1.70. The minimum Gasteiger partial charge on any atom is -0.392 e. The fourth-order valence-electron chi connectivity index (χ4n) is 1.85. The van der Waals surface area contributed by atoms with Gasteiger partial charge in [-0.05, 0) is 24.1 Å². The van der Waals surface area contributed by atoms with E-state index in [2.05, 4.69) is 14.7 Å². The van der Waals surface area contributed by atoms with Crippen LogP contribution in [0.15, 0.2) is 35.6 Å². The van der Waals surface area contributed by atoms with E-state index in [-0.39, 0.29) is 18.0 Å². The molecule has 0 atom stereocenters. The molecule has 0 saturated carbocycles. The Kier molecular flexibility index (Phi) is 4.53. The van der Waals surface area contributed by atoms with Crippen molar-refractivity contribution in [3.8, 4) is 0 Å². The number of aromatic nitrogens is 2. The van der Waals surface area contributed by atoms with E-state index < -0.39 is 10.0 Å². The third kappa shape index (κ3) is 3.44. The zero-order valence-electron chi connectivity index (χ0n) is 11.1. The molecule has 0 aliphatic carbocycles. The average Bonchev–Trinajstić information content (AvgIpc) is 2.92. The molecule has 7 heteroatoms. The van der Waals surface area contributed by atoms with Gasteiger partial charge >= 0.3 is 0 Å². The van der Waals surface area contributed by atoms with Crippen molar-refractivity contribution in [3.05, 3.63) is 47.5 Å². The molecule has 2 rings (SSSR count). The maximum atomic E-state index is 12.2. The fraction of sp³-hybridized carbons (Fsp3) is 0.308. The number of nitrogens with zero attached hydrogens (tertiary/aromatic N) is 1. The van der Waals surface area contributed by atoms with Crippen LogP contribution in [0.4, 0.5) is 0 Å². The molecule has 0 unspecified atom stereocenters. The lowest BCUT2D eigenvalue weighted by molar-refractivity contribution is 0.281. The van der Waals surface area contributed by atoms with Crippen LogP contribution in [0.2, 0.25) is 0 Å². The highest BCUT2D eigenvalue weighted by molar-refractivity contribution is 7.89. The molecule has 1 aromatic heterocycles. The molecule has 0 amide bonds. The van der Waals surface area contributed by atoms with Crippen LogP contribution in [-0.4, -0.2) is 30.0 Å². The normalized spacial score (nSPS) is 11.7. The van der Waals surface area contributed by atoms with E-state index in [0.29, 0.717) is 17.5 Å². The maximum absolute atomic E-state index is 12.2. The molecule has 1 aromatic carbocycles. The van der Waals surface area contributed by atoms with Crippen LogP contribution in [0.1, 0.15) is 16.8 Å². The molecule has 2 aromatic rings. The first-order valence-corrected chi connectivity index (χ1v) is 7.68. The van der Waals surface area contributed by atoms with E-state index in [4.69, 9.17) is 5.11 Å². The molecule has 3 N–H and O–H groups in total. The Morgan fingerprint density at radius 3 is 2.85 bits per heavy atom. The Balaban J connectivity index is 2.09. The third-order valence-electron chi connectivity index (χ3n) is 2.97. The molecular formula is C13H17N3O3S. The lowest BCUT2D eigenvalue weighted by Gasteiger charge is -2.10. The maximum Gasteiger partial charge on any atom is 0.240 e. The van der Waals surface area contributed by atoms with E-state index in [9.17, 15) is 8.42 Å². The number of aliphatic hydroxyl groups is 1. The number of hydrogen-bond donors (Lipinski definition) is 3. The van der Waals surface area contributed by atoms with Gasteiger partial charge in [0.1, 0.15) is 0 Å². The Morgan fingerprint density at radius 2 is 2.20 bits per heavy atom. The highest BCUT2D eigenvalue weighted by Gasteiger charge is 2.16. The summed E-state index contributed by atoms with van der Waals surface area (Å²) in [5, 5.41) is 9.09. The van der Waals surface area contributed by atoms with Gasteiger partial charge in [-0.15, -0.1) is 0 Å². The molecule has 0 spiro atoms. The highest BCUT2D eigenvalue weighted by Crippen LogP contribution is 2.17. The van der Waals surface area contributed by atoms with E-state index in [1.807, 2.05) is 0 Å². The summed E-state index contributed by atoms with van der Waals surface area (Å²) in [5.41, 5.74) is 2.09. The SMILES string of the molecule is Cc1ccc(CO)cc1S(=O)(=O)NCCc1cnc[nH]1. The molecule has 1 heterocycles. The van der Waals surface area contributed by atoms with Crippen molar-refractivity contribution in [3.63, 3.8) is 0 Å². The van der Waals surface area contributed by atoms with E-state index in [0.717, 1.165) is 5.69 Å². The monoisotopic (exact) mass is 295 g/mol. The second-order valence-electron chi connectivity index (χ2n) is 4.48. The molecule has 0 fully saturated rings. The first kappa shape index (κ1) is 14.7. The Labute approximate surface area is 117 Å². The first-order chi connectivity index (χ1) is 9.53. The summed E-state index contributed by atoms with van der Waals surface area (Å²) in [6.07, 6.45) is 3.75. The standard InChI is InChI=1S/C13H17N3O3S/c1-10-2-3-11(8-17)6-13(10)20(18,19)16-5-4-12-7-14-9-15-12/h2-3,6-7,9,16-17H,4-5,8H2,1H3,(H,14,15). The second kappa shape index (κ2) is 6.17.